The van der Waals surface area contributed by atoms with Gasteiger partial charge in [0.1, 0.15) is 22.7 Å². The second-order valence-corrected chi connectivity index (χ2v) is 9.96. The lowest BCUT2D eigenvalue weighted by Gasteiger charge is -2.29. The first-order chi connectivity index (χ1) is 18.8. The molecule has 2 unspecified atom stereocenters. The van der Waals surface area contributed by atoms with E-state index in [9.17, 15) is 36.6 Å². The molecule has 1 aromatic carbocycles. The normalized spacial score (nSPS) is 19.3. The molecule has 1 N–H and O–H groups in total. The second-order valence-electron chi connectivity index (χ2n) is 9.59. The molecule has 3 heterocycles. The maximum Gasteiger partial charge on any atom is 0.416 e. The number of halogens is 6. The highest BCUT2D eigenvalue weighted by atomic mass is 35.5. The minimum Gasteiger partial charge on any atom is -0.390 e. The molecule has 2 aromatic rings. The smallest absolute Gasteiger partial charge is 0.390 e. The van der Waals surface area contributed by atoms with E-state index >= 15 is 0 Å². The van der Waals surface area contributed by atoms with Crippen molar-refractivity contribution in [3.8, 4) is 0 Å². The van der Waals surface area contributed by atoms with Gasteiger partial charge in [-0.3, -0.25) is 14.6 Å². The van der Waals surface area contributed by atoms with E-state index in [1.807, 2.05) is 4.90 Å². The SMILES string of the molecule is Cc1cc(C(F)(F)F)cc(N2C(=O)N(CC(O)CN3CCOCC3)CC2C(=O)N(C)c2ccc(F)c(Cl)c2F)n1. The van der Waals surface area contributed by atoms with E-state index in [1.165, 1.54) is 14.0 Å². The molecule has 2 aliphatic heterocycles. The van der Waals surface area contributed by atoms with E-state index in [-0.39, 0.29) is 25.3 Å². The molecule has 0 bridgehead atoms. The Labute approximate surface area is 231 Å². The van der Waals surface area contributed by atoms with Crippen LogP contribution in [0.4, 0.5) is 38.3 Å². The third-order valence-electron chi connectivity index (χ3n) is 6.69. The number of carbonyl (C=O) groups is 2. The van der Waals surface area contributed by atoms with Gasteiger partial charge in [0.25, 0.3) is 5.91 Å². The predicted octanol–water partition coefficient (Wildman–Crippen LogP) is 3.31. The first-order valence-electron chi connectivity index (χ1n) is 12.3. The van der Waals surface area contributed by atoms with Gasteiger partial charge in [0, 0.05) is 38.9 Å². The fraction of sp³-hybridized carbons (Fsp3) is 0.480. The minimum atomic E-state index is -4.76. The predicted molar refractivity (Wildman–Crippen MR) is 135 cm³/mol. The lowest BCUT2D eigenvalue weighted by molar-refractivity contribution is -0.137. The van der Waals surface area contributed by atoms with Gasteiger partial charge in [0.15, 0.2) is 5.82 Å². The van der Waals surface area contributed by atoms with Crippen LogP contribution in [0.15, 0.2) is 24.3 Å². The summed E-state index contributed by atoms with van der Waals surface area (Å²) in [7, 11) is 1.17. The molecule has 40 heavy (non-hydrogen) atoms. The number of ether oxygens (including phenoxy) is 1. The summed E-state index contributed by atoms with van der Waals surface area (Å²) in [4.78, 5) is 35.9. The number of urea groups is 1. The van der Waals surface area contributed by atoms with E-state index in [2.05, 4.69) is 4.98 Å². The van der Waals surface area contributed by atoms with E-state index in [1.54, 1.807) is 0 Å². The fourth-order valence-corrected chi connectivity index (χ4v) is 4.86. The molecule has 15 heteroatoms. The number of hydrogen-bond acceptors (Lipinski definition) is 6. The number of β-amino-alcohol motifs (C(OH)–C–C–N with tert-alkyl or cyclic N) is 1. The number of aromatic nitrogens is 1. The molecule has 3 amide bonds. The zero-order valence-electron chi connectivity index (χ0n) is 21.6. The number of rotatable bonds is 7. The van der Waals surface area contributed by atoms with Crippen LogP contribution in [0, 0.1) is 18.6 Å². The van der Waals surface area contributed by atoms with Gasteiger partial charge < -0.3 is 19.6 Å². The number of aliphatic hydroxyl groups excluding tert-OH is 1. The van der Waals surface area contributed by atoms with E-state index in [0.29, 0.717) is 32.4 Å². The van der Waals surface area contributed by atoms with Crippen LogP contribution in [0.5, 0.6) is 0 Å². The topological polar surface area (TPSA) is 89.4 Å². The van der Waals surface area contributed by atoms with Gasteiger partial charge in [-0.05, 0) is 31.2 Å². The average molecular weight is 592 g/mol. The van der Waals surface area contributed by atoms with Crippen molar-refractivity contribution in [3.05, 3.63) is 52.2 Å². The summed E-state index contributed by atoms with van der Waals surface area (Å²) in [6.45, 7) is 3.05. The molecule has 2 atom stereocenters. The van der Waals surface area contributed by atoms with Gasteiger partial charge in [-0.1, -0.05) is 11.6 Å². The molecule has 4 rings (SSSR count). The van der Waals surface area contributed by atoms with E-state index in [0.717, 1.165) is 32.9 Å². The Morgan fingerprint density at radius 3 is 2.55 bits per heavy atom. The second kappa shape index (κ2) is 11.8. The molecule has 2 saturated heterocycles. The molecule has 0 aliphatic carbocycles. The number of likely N-dealkylation sites (N-methyl/N-ethyl adjacent to an activating group) is 1. The maximum absolute atomic E-state index is 14.7. The van der Waals surface area contributed by atoms with Gasteiger partial charge in [0.05, 0.1) is 37.1 Å². The summed E-state index contributed by atoms with van der Waals surface area (Å²) in [5.74, 6) is -3.60. The molecule has 0 spiro atoms. The number of amides is 3. The van der Waals surface area contributed by atoms with Crippen LogP contribution in [-0.4, -0.2) is 97.0 Å². The van der Waals surface area contributed by atoms with Gasteiger partial charge >= 0.3 is 12.2 Å². The monoisotopic (exact) mass is 591 g/mol. The van der Waals surface area contributed by atoms with Crippen molar-refractivity contribution in [1.29, 1.82) is 0 Å². The molecule has 218 valence electrons. The quantitative estimate of drug-likeness (QED) is 0.393. The summed E-state index contributed by atoms with van der Waals surface area (Å²) in [5.41, 5.74) is -1.54. The Balaban J connectivity index is 1.66. The number of alkyl halides is 3. The molecule has 1 aromatic heterocycles. The average Bonchev–Trinajstić information content (AvgIpc) is 3.21. The highest BCUT2D eigenvalue weighted by Gasteiger charge is 2.46. The maximum atomic E-state index is 14.7. The third-order valence-corrected chi connectivity index (χ3v) is 7.04. The number of pyridine rings is 1. The summed E-state index contributed by atoms with van der Waals surface area (Å²) in [6.07, 6.45) is -5.80. The Morgan fingerprint density at radius 2 is 1.90 bits per heavy atom. The van der Waals surface area contributed by atoms with Crippen molar-refractivity contribution in [3.63, 3.8) is 0 Å². The van der Waals surface area contributed by atoms with Gasteiger partial charge in [-0.25, -0.2) is 18.6 Å². The van der Waals surface area contributed by atoms with Crippen molar-refractivity contribution in [1.82, 2.24) is 14.8 Å². The Bertz CT molecular complexity index is 1280. The lowest BCUT2D eigenvalue weighted by Crippen LogP contribution is -2.47. The number of aliphatic hydroxyl groups is 1. The molecule has 9 nitrogen and oxygen atoms in total. The van der Waals surface area contributed by atoms with Crippen LogP contribution < -0.4 is 9.80 Å². The number of benzene rings is 1. The standard InChI is InChI=1S/C25H27ClF5N5O4/c1-14-9-15(25(29,30)31)10-20(32-14)36-19(23(38)33(2)18-4-3-17(27)21(26)22(18)28)13-35(24(36)39)12-16(37)11-34-5-7-40-8-6-34/h3-4,9-10,16,19,37H,5-8,11-13H2,1-2H3. The molecule has 2 fully saturated rings. The van der Waals surface area contributed by atoms with Crippen LogP contribution >= 0.6 is 11.6 Å². The van der Waals surface area contributed by atoms with Crippen molar-refractivity contribution >= 4 is 35.0 Å². The Morgan fingerprint density at radius 1 is 1.23 bits per heavy atom. The number of aryl methyl sites for hydroxylation is 1. The number of hydrogen-bond donors (Lipinski definition) is 1. The van der Waals surface area contributed by atoms with Gasteiger partial charge in [-0.15, -0.1) is 0 Å². The van der Waals surface area contributed by atoms with Gasteiger partial charge in [-0.2, -0.15) is 13.2 Å². The van der Waals surface area contributed by atoms with Crippen molar-refractivity contribution in [2.45, 2.75) is 25.2 Å². The molecular weight excluding hydrogens is 565 g/mol. The van der Waals surface area contributed by atoms with Crippen molar-refractivity contribution in [2.24, 2.45) is 0 Å². The van der Waals surface area contributed by atoms with Crippen LogP contribution in [-0.2, 0) is 15.7 Å². The highest BCUT2D eigenvalue weighted by molar-refractivity contribution is 6.31. The number of anilines is 2. The fourth-order valence-electron chi connectivity index (χ4n) is 4.70. The summed E-state index contributed by atoms with van der Waals surface area (Å²) < 4.78 is 74.4. The number of carbonyl (C=O) groups excluding carboxylic acids is 2. The number of morpholine rings is 1. The molecular formula is C25H27ClF5N5O4. The Hall–Kier alpha value is -3.07. The lowest BCUT2D eigenvalue weighted by atomic mass is 10.1. The molecule has 0 saturated carbocycles. The number of nitrogens with zero attached hydrogens (tertiary/aromatic N) is 5. The van der Waals surface area contributed by atoms with Crippen LogP contribution in [0.2, 0.25) is 5.02 Å². The van der Waals surface area contributed by atoms with Crippen molar-refractivity contribution in [2.75, 3.05) is 62.8 Å². The highest BCUT2D eigenvalue weighted by Crippen LogP contribution is 2.35. The third kappa shape index (κ3) is 6.29. The first-order valence-corrected chi connectivity index (χ1v) is 12.7. The van der Waals surface area contributed by atoms with Crippen LogP contribution in [0.25, 0.3) is 0 Å². The van der Waals surface area contributed by atoms with Crippen LogP contribution in [0.3, 0.4) is 0 Å². The molecule has 2 aliphatic rings. The summed E-state index contributed by atoms with van der Waals surface area (Å²) >= 11 is 5.66. The zero-order valence-corrected chi connectivity index (χ0v) is 22.3. The van der Waals surface area contributed by atoms with Crippen LogP contribution in [0.1, 0.15) is 11.3 Å². The summed E-state index contributed by atoms with van der Waals surface area (Å²) in [6, 6.07) is 0.963. The minimum absolute atomic E-state index is 0.0562. The van der Waals surface area contributed by atoms with Crippen molar-refractivity contribution < 1.29 is 41.4 Å². The molecule has 0 radical (unpaired) electrons. The Kier molecular flexibility index (Phi) is 8.83. The van der Waals surface area contributed by atoms with E-state index < -0.39 is 64.0 Å². The first kappa shape index (κ1) is 29.9. The van der Waals surface area contributed by atoms with E-state index in [4.69, 9.17) is 16.3 Å². The zero-order chi connectivity index (χ0) is 29.4. The van der Waals surface area contributed by atoms with Gasteiger partial charge in [0.2, 0.25) is 0 Å². The summed E-state index contributed by atoms with van der Waals surface area (Å²) in [5, 5.41) is 9.83. The largest absolute Gasteiger partial charge is 0.416 e.